The molecule has 0 saturated carbocycles. The van der Waals surface area contributed by atoms with Gasteiger partial charge in [0.2, 0.25) is 0 Å². The molecular formula is C50H34N2. The Kier molecular flexibility index (Phi) is 7.18. The summed E-state index contributed by atoms with van der Waals surface area (Å²) in [5.41, 5.74) is 11.7. The summed E-state index contributed by atoms with van der Waals surface area (Å²) in [6.45, 7) is 0. The molecule has 244 valence electrons. The lowest BCUT2D eigenvalue weighted by Gasteiger charge is -2.26. The highest BCUT2D eigenvalue weighted by Crippen LogP contribution is 2.39. The normalized spacial score (nSPS) is 11.5. The molecule has 10 aromatic rings. The van der Waals surface area contributed by atoms with E-state index >= 15 is 0 Å². The van der Waals surface area contributed by atoms with Gasteiger partial charge in [-0.1, -0.05) is 140 Å². The molecule has 10 rings (SSSR count). The zero-order valence-electron chi connectivity index (χ0n) is 28.5. The van der Waals surface area contributed by atoms with Gasteiger partial charge in [-0.25, -0.2) is 0 Å². The predicted octanol–water partition coefficient (Wildman–Crippen LogP) is 13.9. The SMILES string of the molecule is c1ccc(-n2c3ccccc3c3ccc(-c4cccc(-c5ccc(N(c6ccc7ccccc7c6)c6ccc7ccccc7c6)cc5)c4)cc32)cc1. The highest BCUT2D eigenvalue weighted by Gasteiger charge is 2.16. The molecule has 0 radical (unpaired) electrons. The predicted molar refractivity (Wildman–Crippen MR) is 221 cm³/mol. The van der Waals surface area contributed by atoms with Crippen LogP contribution in [-0.2, 0) is 0 Å². The van der Waals surface area contributed by atoms with Crippen LogP contribution in [0, 0.1) is 0 Å². The van der Waals surface area contributed by atoms with Crippen LogP contribution in [0.4, 0.5) is 17.1 Å². The molecule has 1 aromatic heterocycles. The Morgan fingerprint density at radius 2 is 0.808 bits per heavy atom. The third-order valence-electron chi connectivity index (χ3n) is 10.3. The summed E-state index contributed by atoms with van der Waals surface area (Å²) in [5.74, 6) is 0. The summed E-state index contributed by atoms with van der Waals surface area (Å²) in [6.07, 6.45) is 0. The molecule has 0 bridgehead atoms. The van der Waals surface area contributed by atoms with E-state index in [4.69, 9.17) is 0 Å². The Labute approximate surface area is 303 Å². The van der Waals surface area contributed by atoms with Gasteiger partial charge in [0.15, 0.2) is 0 Å². The van der Waals surface area contributed by atoms with Crippen molar-refractivity contribution in [1.29, 1.82) is 0 Å². The quantitative estimate of drug-likeness (QED) is 0.172. The standard InChI is InChI=1S/C50H34N2/c1-2-17-43(18-3-1)52-49-20-9-8-19-47(49)48-30-25-42(34-50(48)52)39-16-10-15-38(31-39)37-21-26-44(27-22-37)51(45-28-23-35-11-4-6-13-40(35)32-45)46-29-24-36-12-5-7-14-41(36)33-46/h1-34H. The van der Waals surface area contributed by atoms with Gasteiger partial charge in [-0.3, -0.25) is 0 Å². The second kappa shape index (κ2) is 12.5. The molecule has 2 heteroatoms. The molecule has 1 heterocycles. The lowest BCUT2D eigenvalue weighted by atomic mass is 9.98. The maximum absolute atomic E-state index is 2.38. The van der Waals surface area contributed by atoms with E-state index in [0.29, 0.717) is 0 Å². The molecule has 0 unspecified atom stereocenters. The third-order valence-corrected chi connectivity index (χ3v) is 10.3. The minimum atomic E-state index is 1.12. The fraction of sp³-hybridized carbons (Fsp3) is 0. The van der Waals surface area contributed by atoms with Gasteiger partial charge in [0.1, 0.15) is 0 Å². The number of rotatable bonds is 6. The number of anilines is 3. The first-order valence-electron chi connectivity index (χ1n) is 17.8. The van der Waals surface area contributed by atoms with Crippen molar-refractivity contribution in [3.8, 4) is 27.9 Å². The van der Waals surface area contributed by atoms with Crippen molar-refractivity contribution in [2.45, 2.75) is 0 Å². The Bertz CT molecular complexity index is 2820. The van der Waals surface area contributed by atoms with Crippen molar-refractivity contribution < 1.29 is 0 Å². The highest BCUT2D eigenvalue weighted by molar-refractivity contribution is 6.10. The van der Waals surface area contributed by atoms with Gasteiger partial charge >= 0.3 is 0 Å². The topological polar surface area (TPSA) is 8.17 Å². The number of para-hydroxylation sites is 2. The third kappa shape index (κ3) is 5.21. The largest absolute Gasteiger partial charge is 0.310 e. The lowest BCUT2D eigenvalue weighted by molar-refractivity contribution is 1.18. The molecule has 0 atom stereocenters. The van der Waals surface area contributed by atoms with Gasteiger partial charge in [0.05, 0.1) is 11.0 Å². The Hall–Kier alpha value is -6.90. The van der Waals surface area contributed by atoms with E-state index in [1.807, 2.05) is 0 Å². The van der Waals surface area contributed by atoms with E-state index < -0.39 is 0 Å². The number of hydrogen-bond acceptors (Lipinski definition) is 1. The van der Waals surface area contributed by atoms with Crippen LogP contribution in [0.2, 0.25) is 0 Å². The molecule has 0 aliphatic heterocycles. The summed E-state index contributed by atoms with van der Waals surface area (Å²) in [5, 5.41) is 7.45. The van der Waals surface area contributed by atoms with Crippen molar-refractivity contribution in [3.05, 3.63) is 206 Å². The van der Waals surface area contributed by atoms with Crippen molar-refractivity contribution >= 4 is 60.4 Å². The minimum Gasteiger partial charge on any atom is -0.310 e. The summed E-state index contributed by atoms with van der Waals surface area (Å²) >= 11 is 0. The number of fused-ring (bicyclic) bond motifs is 5. The van der Waals surface area contributed by atoms with Gasteiger partial charge in [-0.05, 0) is 111 Å². The molecule has 0 spiro atoms. The number of nitrogens with zero attached hydrogens (tertiary/aromatic N) is 2. The summed E-state index contributed by atoms with van der Waals surface area (Å²) in [7, 11) is 0. The number of aromatic nitrogens is 1. The van der Waals surface area contributed by atoms with E-state index in [0.717, 1.165) is 17.1 Å². The van der Waals surface area contributed by atoms with Crippen molar-refractivity contribution in [1.82, 2.24) is 4.57 Å². The maximum Gasteiger partial charge on any atom is 0.0547 e. The van der Waals surface area contributed by atoms with Crippen LogP contribution in [0.15, 0.2) is 206 Å². The maximum atomic E-state index is 2.38. The molecule has 0 saturated heterocycles. The van der Waals surface area contributed by atoms with Crippen LogP contribution < -0.4 is 4.90 Å². The van der Waals surface area contributed by atoms with E-state index in [-0.39, 0.29) is 0 Å². The van der Waals surface area contributed by atoms with Crippen LogP contribution in [0.3, 0.4) is 0 Å². The van der Waals surface area contributed by atoms with Crippen molar-refractivity contribution in [2.75, 3.05) is 4.90 Å². The highest BCUT2D eigenvalue weighted by atomic mass is 15.1. The van der Waals surface area contributed by atoms with Crippen molar-refractivity contribution in [2.24, 2.45) is 0 Å². The zero-order valence-corrected chi connectivity index (χ0v) is 28.5. The first-order valence-corrected chi connectivity index (χ1v) is 17.8. The summed E-state index contributed by atoms with van der Waals surface area (Å²) in [4.78, 5) is 2.36. The van der Waals surface area contributed by atoms with Gasteiger partial charge in [0.25, 0.3) is 0 Å². The second-order valence-electron chi connectivity index (χ2n) is 13.4. The molecule has 2 nitrogen and oxygen atoms in total. The summed E-state index contributed by atoms with van der Waals surface area (Å²) in [6, 6.07) is 74.7. The lowest BCUT2D eigenvalue weighted by Crippen LogP contribution is -2.09. The average molecular weight is 663 g/mol. The minimum absolute atomic E-state index is 1.12. The first kappa shape index (κ1) is 30.0. The molecule has 9 aromatic carbocycles. The smallest absolute Gasteiger partial charge is 0.0547 e. The number of hydrogen-bond donors (Lipinski definition) is 0. The Morgan fingerprint density at radius 3 is 1.50 bits per heavy atom. The van der Waals surface area contributed by atoms with E-state index in [1.54, 1.807) is 0 Å². The summed E-state index contributed by atoms with van der Waals surface area (Å²) < 4.78 is 2.38. The van der Waals surface area contributed by atoms with Crippen LogP contribution in [-0.4, -0.2) is 4.57 Å². The van der Waals surface area contributed by atoms with Gasteiger partial charge in [-0.15, -0.1) is 0 Å². The fourth-order valence-corrected chi connectivity index (χ4v) is 7.77. The molecule has 0 fully saturated rings. The van der Waals surface area contributed by atoms with Crippen LogP contribution in [0.25, 0.3) is 71.3 Å². The molecule has 0 aliphatic carbocycles. The zero-order chi connectivity index (χ0) is 34.4. The van der Waals surface area contributed by atoms with E-state index in [2.05, 4.69) is 216 Å². The monoisotopic (exact) mass is 662 g/mol. The van der Waals surface area contributed by atoms with Gasteiger partial charge in [0, 0.05) is 33.5 Å². The molecule has 52 heavy (non-hydrogen) atoms. The molecule has 0 amide bonds. The fourth-order valence-electron chi connectivity index (χ4n) is 7.77. The van der Waals surface area contributed by atoms with Gasteiger partial charge in [-0.2, -0.15) is 0 Å². The van der Waals surface area contributed by atoms with E-state index in [1.165, 1.54) is 71.3 Å². The first-order chi connectivity index (χ1) is 25.8. The van der Waals surface area contributed by atoms with Crippen LogP contribution >= 0.6 is 0 Å². The molecule has 0 aliphatic rings. The van der Waals surface area contributed by atoms with Crippen LogP contribution in [0.5, 0.6) is 0 Å². The van der Waals surface area contributed by atoms with Crippen molar-refractivity contribution in [3.63, 3.8) is 0 Å². The number of benzene rings is 9. The Balaban J connectivity index is 1.04. The Morgan fingerprint density at radius 1 is 0.288 bits per heavy atom. The molecule has 0 N–H and O–H groups in total. The average Bonchev–Trinajstić information content (AvgIpc) is 3.55. The van der Waals surface area contributed by atoms with Crippen LogP contribution in [0.1, 0.15) is 0 Å². The molecular weight excluding hydrogens is 629 g/mol. The van der Waals surface area contributed by atoms with E-state index in [9.17, 15) is 0 Å². The van der Waals surface area contributed by atoms with Gasteiger partial charge < -0.3 is 9.47 Å². The second-order valence-corrected chi connectivity index (χ2v) is 13.4.